The van der Waals surface area contributed by atoms with Gasteiger partial charge in [-0.25, -0.2) is 0 Å². The number of nitrogens with zero attached hydrogens (tertiary/aromatic N) is 4. The lowest BCUT2D eigenvalue weighted by molar-refractivity contribution is -0.385. The predicted molar refractivity (Wildman–Crippen MR) is 72.5 cm³/mol. The molecule has 1 heterocycles. The van der Waals surface area contributed by atoms with Gasteiger partial charge in [0, 0.05) is 20.1 Å². The number of carbonyl (C=O) groups excluding carboxylic acids is 1. The van der Waals surface area contributed by atoms with Crippen molar-refractivity contribution in [3.05, 3.63) is 21.5 Å². The summed E-state index contributed by atoms with van der Waals surface area (Å²) in [5.74, 6) is -0.510. The maximum Gasteiger partial charge on any atom is 0.322 e. The maximum atomic E-state index is 12.5. The Morgan fingerprint density at radius 3 is 2.50 bits per heavy atom. The van der Waals surface area contributed by atoms with Crippen LogP contribution in [0.15, 0.2) is 0 Å². The van der Waals surface area contributed by atoms with Gasteiger partial charge in [-0.1, -0.05) is 0 Å². The van der Waals surface area contributed by atoms with Gasteiger partial charge in [0.25, 0.3) is 5.91 Å². The number of amides is 1. The number of aryl methyl sites for hydroxylation is 2. The van der Waals surface area contributed by atoms with Crippen molar-refractivity contribution in [3.8, 4) is 0 Å². The summed E-state index contributed by atoms with van der Waals surface area (Å²) in [6, 6.07) is 0. The molecular weight excluding hydrogens is 264 g/mol. The first-order chi connectivity index (χ1) is 9.08. The minimum Gasteiger partial charge on any atom is -0.389 e. The smallest absolute Gasteiger partial charge is 0.322 e. The molecule has 1 amide bonds. The Morgan fingerprint density at radius 1 is 1.55 bits per heavy atom. The van der Waals surface area contributed by atoms with E-state index >= 15 is 0 Å². The average molecular weight is 284 g/mol. The quantitative estimate of drug-likeness (QED) is 0.638. The van der Waals surface area contributed by atoms with Crippen LogP contribution in [0.5, 0.6) is 0 Å². The van der Waals surface area contributed by atoms with Crippen LogP contribution in [0.1, 0.15) is 37.0 Å². The molecule has 20 heavy (non-hydrogen) atoms. The van der Waals surface area contributed by atoms with E-state index < -0.39 is 16.4 Å². The first-order valence-electron chi connectivity index (χ1n) is 6.28. The lowest BCUT2D eigenvalue weighted by atomic mass is 10.1. The van der Waals surface area contributed by atoms with Gasteiger partial charge in [0.15, 0.2) is 0 Å². The Hall–Kier alpha value is -1.96. The van der Waals surface area contributed by atoms with Crippen LogP contribution in [0.25, 0.3) is 0 Å². The number of aliphatic hydroxyl groups is 1. The third kappa shape index (κ3) is 3.32. The number of rotatable bonds is 5. The Morgan fingerprint density at radius 2 is 2.10 bits per heavy atom. The Bertz CT molecular complexity index is 530. The Labute approximate surface area is 117 Å². The molecule has 1 N–H and O–H groups in total. The number of hydrogen-bond donors (Lipinski definition) is 1. The fourth-order valence-corrected chi connectivity index (χ4v) is 2.05. The lowest BCUT2D eigenvalue weighted by Gasteiger charge is -2.27. The van der Waals surface area contributed by atoms with Crippen LogP contribution in [0.2, 0.25) is 0 Å². The van der Waals surface area contributed by atoms with Gasteiger partial charge in [-0.3, -0.25) is 19.6 Å². The summed E-state index contributed by atoms with van der Waals surface area (Å²) < 4.78 is 1.21. The average Bonchev–Trinajstić information content (AvgIpc) is 2.59. The van der Waals surface area contributed by atoms with Crippen LogP contribution in [0.3, 0.4) is 0 Å². The molecule has 0 radical (unpaired) electrons. The highest BCUT2D eigenvalue weighted by Crippen LogP contribution is 2.24. The van der Waals surface area contributed by atoms with Crippen LogP contribution in [0.4, 0.5) is 5.69 Å². The van der Waals surface area contributed by atoms with E-state index in [2.05, 4.69) is 5.10 Å². The maximum absolute atomic E-state index is 12.5. The van der Waals surface area contributed by atoms with Gasteiger partial charge in [-0.05, 0) is 27.7 Å². The zero-order chi connectivity index (χ0) is 15.7. The molecule has 0 saturated carbocycles. The van der Waals surface area contributed by atoms with Crippen molar-refractivity contribution in [2.24, 2.45) is 7.05 Å². The van der Waals surface area contributed by atoms with Crippen molar-refractivity contribution >= 4 is 11.6 Å². The molecule has 1 rings (SSSR count). The zero-order valence-corrected chi connectivity index (χ0v) is 12.4. The van der Waals surface area contributed by atoms with E-state index in [1.54, 1.807) is 20.8 Å². The van der Waals surface area contributed by atoms with Crippen molar-refractivity contribution in [2.75, 3.05) is 13.1 Å². The number of likely N-dealkylation sites (N-methyl/N-ethyl adjacent to an activating group) is 1. The molecule has 1 aromatic heterocycles. The Kier molecular flexibility index (Phi) is 4.49. The molecular formula is C12H20N4O4. The number of hydrogen-bond acceptors (Lipinski definition) is 5. The summed E-state index contributed by atoms with van der Waals surface area (Å²) in [6.45, 7) is 6.81. The van der Waals surface area contributed by atoms with E-state index in [9.17, 15) is 20.0 Å². The third-order valence-electron chi connectivity index (χ3n) is 2.82. The second kappa shape index (κ2) is 5.58. The largest absolute Gasteiger partial charge is 0.389 e. The predicted octanol–water partition coefficient (Wildman–Crippen LogP) is 0.870. The monoisotopic (exact) mass is 284 g/mol. The van der Waals surface area contributed by atoms with Crippen molar-refractivity contribution in [2.45, 2.75) is 33.3 Å². The van der Waals surface area contributed by atoms with Crippen molar-refractivity contribution in [1.29, 1.82) is 0 Å². The summed E-state index contributed by atoms with van der Waals surface area (Å²) in [6.07, 6.45) is 0. The fourth-order valence-electron chi connectivity index (χ4n) is 2.05. The molecule has 0 saturated heterocycles. The molecule has 0 aromatic carbocycles. The van der Waals surface area contributed by atoms with Crippen LogP contribution >= 0.6 is 0 Å². The molecule has 0 fully saturated rings. The van der Waals surface area contributed by atoms with E-state index in [0.29, 0.717) is 6.54 Å². The van der Waals surface area contributed by atoms with E-state index in [4.69, 9.17) is 0 Å². The molecule has 112 valence electrons. The molecule has 0 unspecified atom stereocenters. The van der Waals surface area contributed by atoms with Gasteiger partial charge >= 0.3 is 5.69 Å². The lowest BCUT2D eigenvalue weighted by Crippen LogP contribution is -2.42. The zero-order valence-electron chi connectivity index (χ0n) is 12.4. The second-order valence-electron chi connectivity index (χ2n) is 5.30. The summed E-state index contributed by atoms with van der Waals surface area (Å²) in [4.78, 5) is 24.3. The van der Waals surface area contributed by atoms with E-state index in [-0.39, 0.29) is 23.6 Å². The summed E-state index contributed by atoms with van der Waals surface area (Å²) >= 11 is 0. The standard InChI is InChI=1S/C12H20N4O4/c1-6-15(7-12(3,4)18)11(17)10-9(16(19)20)8(2)13-14(10)5/h18H,6-7H2,1-5H3. The van der Waals surface area contributed by atoms with Crippen LogP contribution in [-0.2, 0) is 7.05 Å². The highest BCUT2D eigenvalue weighted by Gasteiger charge is 2.33. The van der Waals surface area contributed by atoms with Gasteiger partial charge in [0.2, 0.25) is 5.69 Å². The van der Waals surface area contributed by atoms with Gasteiger partial charge in [0.05, 0.1) is 10.5 Å². The molecule has 0 aliphatic heterocycles. The van der Waals surface area contributed by atoms with Gasteiger partial charge in [-0.15, -0.1) is 0 Å². The third-order valence-corrected chi connectivity index (χ3v) is 2.82. The molecule has 0 atom stereocenters. The molecule has 8 heteroatoms. The topological polar surface area (TPSA) is 102 Å². The fraction of sp³-hybridized carbons (Fsp3) is 0.667. The number of nitro groups is 1. The molecule has 1 aromatic rings. The van der Waals surface area contributed by atoms with E-state index in [0.717, 1.165) is 0 Å². The summed E-state index contributed by atoms with van der Waals surface area (Å²) in [5.41, 5.74) is -1.24. The molecule has 0 bridgehead atoms. The van der Waals surface area contributed by atoms with Crippen molar-refractivity contribution < 1.29 is 14.8 Å². The number of carbonyl (C=O) groups is 1. The minimum absolute atomic E-state index is 0.0707. The first-order valence-corrected chi connectivity index (χ1v) is 6.28. The molecule has 0 spiro atoms. The Balaban J connectivity index is 3.23. The van der Waals surface area contributed by atoms with Crippen LogP contribution < -0.4 is 0 Å². The van der Waals surface area contributed by atoms with E-state index in [1.165, 1.54) is 23.6 Å². The van der Waals surface area contributed by atoms with Crippen LogP contribution in [-0.4, -0.2) is 49.3 Å². The van der Waals surface area contributed by atoms with Gasteiger partial charge in [-0.2, -0.15) is 5.10 Å². The molecule has 0 aliphatic carbocycles. The normalized spacial score (nSPS) is 11.5. The molecule has 0 aliphatic rings. The molecule has 8 nitrogen and oxygen atoms in total. The van der Waals surface area contributed by atoms with Crippen LogP contribution in [0, 0.1) is 17.0 Å². The second-order valence-corrected chi connectivity index (χ2v) is 5.30. The first kappa shape index (κ1) is 16.1. The van der Waals surface area contributed by atoms with Gasteiger partial charge < -0.3 is 10.0 Å². The summed E-state index contributed by atoms with van der Waals surface area (Å²) in [5, 5.41) is 24.8. The number of aromatic nitrogens is 2. The van der Waals surface area contributed by atoms with Crippen molar-refractivity contribution in [3.63, 3.8) is 0 Å². The minimum atomic E-state index is -1.08. The summed E-state index contributed by atoms with van der Waals surface area (Å²) in [7, 11) is 1.49. The highest BCUT2D eigenvalue weighted by atomic mass is 16.6. The SMILES string of the molecule is CCN(CC(C)(C)O)C(=O)c1c([N+](=O)[O-])c(C)nn1C. The van der Waals surface area contributed by atoms with E-state index in [1.807, 2.05) is 0 Å². The highest BCUT2D eigenvalue weighted by molar-refractivity contribution is 5.97. The van der Waals surface area contributed by atoms with Crippen molar-refractivity contribution in [1.82, 2.24) is 14.7 Å². The van der Waals surface area contributed by atoms with Gasteiger partial charge in [0.1, 0.15) is 5.69 Å².